The maximum atomic E-state index is 14.4. The van der Waals surface area contributed by atoms with Crippen LogP contribution in [0.1, 0.15) is 32.6 Å². The molecule has 0 bridgehead atoms. The van der Waals surface area contributed by atoms with Gasteiger partial charge in [-0.2, -0.15) is 0 Å². The Bertz CT molecular complexity index is 981. The molecular weight excluding hydrogens is 411 g/mol. The molecule has 1 aliphatic rings. The summed E-state index contributed by atoms with van der Waals surface area (Å²) < 4.78 is 16.8. The average molecular weight is 435 g/mol. The molecule has 0 amide bonds. The molecule has 0 radical (unpaired) electrons. The second kappa shape index (κ2) is 9.28. The number of hydrogen-bond acceptors (Lipinski definition) is 6. The van der Waals surface area contributed by atoms with Crippen molar-refractivity contribution in [2.75, 3.05) is 24.2 Å². The Morgan fingerprint density at radius 1 is 1.34 bits per heavy atom. The van der Waals surface area contributed by atoms with Gasteiger partial charge in [0.2, 0.25) is 0 Å². The predicted molar refractivity (Wildman–Crippen MR) is 118 cm³/mol. The molecule has 3 aromatic heterocycles. The molecule has 1 atom stereocenters. The summed E-state index contributed by atoms with van der Waals surface area (Å²) in [6.45, 7) is 3.93. The molecule has 2 N–H and O–H groups in total. The van der Waals surface area contributed by atoms with Crippen molar-refractivity contribution in [1.82, 2.24) is 24.2 Å². The zero-order chi connectivity index (χ0) is 20.2. The minimum atomic E-state index is -0.451. The van der Waals surface area contributed by atoms with Gasteiger partial charge < -0.3 is 10.3 Å². The number of hydrogen-bond donors (Lipinski definition) is 2. The second-order valence-corrected chi connectivity index (χ2v) is 8.72. The SMILES string of the molecule is CCCSN1CCCC[C@@H]1CNc1nc(-c2c[nH]c3ncc(Cl)cc23)ncc1F. The van der Waals surface area contributed by atoms with E-state index in [0.717, 1.165) is 36.1 Å². The van der Waals surface area contributed by atoms with Crippen LogP contribution in [0.4, 0.5) is 10.2 Å². The number of nitrogens with one attached hydrogen (secondary N) is 2. The van der Waals surface area contributed by atoms with Crippen LogP contribution in [0.2, 0.25) is 5.02 Å². The maximum absolute atomic E-state index is 14.4. The van der Waals surface area contributed by atoms with Crippen LogP contribution in [0.15, 0.2) is 24.7 Å². The Morgan fingerprint density at radius 3 is 3.10 bits per heavy atom. The third kappa shape index (κ3) is 4.65. The van der Waals surface area contributed by atoms with Gasteiger partial charge in [0.1, 0.15) is 5.65 Å². The summed E-state index contributed by atoms with van der Waals surface area (Å²) in [6.07, 6.45) is 9.24. The van der Waals surface area contributed by atoms with E-state index < -0.39 is 5.82 Å². The molecule has 4 rings (SSSR count). The van der Waals surface area contributed by atoms with Crippen molar-refractivity contribution in [3.05, 3.63) is 35.5 Å². The van der Waals surface area contributed by atoms with E-state index in [4.69, 9.17) is 11.6 Å². The fraction of sp³-hybridized carbons (Fsp3) is 0.450. The van der Waals surface area contributed by atoms with Gasteiger partial charge in [-0.3, -0.25) is 0 Å². The lowest BCUT2D eigenvalue weighted by Gasteiger charge is -2.34. The molecule has 0 spiro atoms. The first-order valence-electron chi connectivity index (χ1n) is 9.94. The van der Waals surface area contributed by atoms with Crippen molar-refractivity contribution in [2.24, 2.45) is 0 Å². The van der Waals surface area contributed by atoms with Gasteiger partial charge in [-0.25, -0.2) is 23.6 Å². The van der Waals surface area contributed by atoms with Gasteiger partial charge in [-0.05, 0) is 25.3 Å². The fourth-order valence-corrected chi connectivity index (χ4v) is 4.78. The summed E-state index contributed by atoms with van der Waals surface area (Å²) in [4.78, 5) is 16.0. The number of H-pyrrole nitrogens is 1. The predicted octanol–water partition coefficient (Wildman–Crippen LogP) is 5.14. The molecular formula is C20H24ClFN6S. The molecule has 0 aromatic carbocycles. The van der Waals surface area contributed by atoms with E-state index in [2.05, 4.69) is 36.5 Å². The smallest absolute Gasteiger partial charge is 0.183 e. The van der Waals surface area contributed by atoms with E-state index in [0.29, 0.717) is 29.1 Å². The monoisotopic (exact) mass is 434 g/mol. The van der Waals surface area contributed by atoms with Gasteiger partial charge in [0, 0.05) is 48.2 Å². The summed E-state index contributed by atoms with van der Waals surface area (Å²) >= 11 is 7.97. The fourth-order valence-electron chi connectivity index (χ4n) is 3.55. The first-order chi connectivity index (χ1) is 14.2. The topological polar surface area (TPSA) is 69.7 Å². The van der Waals surface area contributed by atoms with E-state index in [1.165, 1.54) is 19.0 Å². The number of piperidine rings is 1. The van der Waals surface area contributed by atoms with Gasteiger partial charge in [-0.1, -0.05) is 36.9 Å². The summed E-state index contributed by atoms with van der Waals surface area (Å²) in [7, 11) is 0. The number of aromatic nitrogens is 4. The van der Waals surface area contributed by atoms with E-state index in [1.807, 2.05) is 11.9 Å². The molecule has 3 aromatic rings. The van der Waals surface area contributed by atoms with E-state index >= 15 is 0 Å². The zero-order valence-electron chi connectivity index (χ0n) is 16.3. The summed E-state index contributed by atoms with van der Waals surface area (Å²) in [6, 6.07) is 2.18. The minimum Gasteiger partial charge on any atom is -0.366 e. The number of fused-ring (bicyclic) bond motifs is 1. The molecule has 4 heterocycles. The van der Waals surface area contributed by atoms with Crippen molar-refractivity contribution in [3.8, 4) is 11.4 Å². The lowest BCUT2D eigenvalue weighted by Crippen LogP contribution is -2.39. The van der Waals surface area contributed by atoms with Crippen molar-refractivity contribution in [3.63, 3.8) is 0 Å². The van der Waals surface area contributed by atoms with Crippen molar-refractivity contribution in [1.29, 1.82) is 0 Å². The number of rotatable bonds is 7. The number of nitrogens with zero attached hydrogens (tertiary/aromatic N) is 4. The van der Waals surface area contributed by atoms with Crippen LogP contribution >= 0.6 is 23.5 Å². The Hall–Kier alpha value is -1.90. The highest BCUT2D eigenvalue weighted by molar-refractivity contribution is 7.97. The van der Waals surface area contributed by atoms with Crippen LogP contribution in [0.5, 0.6) is 0 Å². The minimum absolute atomic E-state index is 0.227. The molecule has 6 nitrogen and oxygen atoms in total. The largest absolute Gasteiger partial charge is 0.366 e. The van der Waals surface area contributed by atoms with Gasteiger partial charge >= 0.3 is 0 Å². The van der Waals surface area contributed by atoms with Crippen LogP contribution in [0, 0.1) is 5.82 Å². The van der Waals surface area contributed by atoms with Gasteiger partial charge in [-0.15, -0.1) is 0 Å². The number of anilines is 1. The summed E-state index contributed by atoms with van der Waals surface area (Å²) in [5.41, 5.74) is 1.44. The molecule has 154 valence electrons. The molecule has 9 heteroatoms. The highest BCUT2D eigenvalue weighted by atomic mass is 35.5. The van der Waals surface area contributed by atoms with Crippen molar-refractivity contribution in [2.45, 2.75) is 38.6 Å². The first-order valence-corrected chi connectivity index (χ1v) is 11.3. The van der Waals surface area contributed by atoms with Crippen LogP contribution in [-0.2, 0) is 0 Å². The van der Waals surface area contributed by atoms with Crippen LogP contribution in [-0.4, -0.2) is 49.1 Å². The Morgan fingerprint density at radius 2 is 2.24 bits per heavy atom. The lowest BCUT2D eigenvalue weighted by molar-refractivity contribution is 0.284. The lowest BCUT2D eigenvalue weighted by atomic mass is 10.1. The van der Waals surface area contributed by atoms with E-state index in [9.17, 15) is 4.39 Å². The van der Waals surface area contributed by atoms with Crippen LogP contribution in [0.25, 0.3) is 22.4 Å². The second-order valence-electron chi connectivity index (χ2n) is 7.15. The molecule has 1 saturated heterocycles. The molecule has 0 unspecified atom stereocenters. The quantitative estimate of drug-likeness (QED) is 0.502. The summed E-state index contributed by atoms with van der Waals surface area (Å²) in [5.74, 6) is 1.32. The van der Waals surface area contributed by atoms with E-state index in [-0.39, 0.29) is 5.82 Å². The third-order valence-electron chi connectivity index (χ3n) is 5.02. The normalized spacial score (nSPS) is 17.7. The van der Waals surface area contributed by atoms with Gasteiger partial charge in [0.15, 0.2) is 17.5 Å². The maximum Gasteiger partial charge on any atom is 0.183 e. The first kappa shape index (κ1) is 20.4. The van der Waals surface area contributed by atoms with Crippen LogP contribution in [0.3, 0.4) is 0 Å². The van der Waals surface area contributed by atoms with Crippen molar-refractivity contribution >= 4 is 40.4 Å². The standard InChI is InChI=1S/C20H24ClFN6S/c1-2-7-29-28-6-4-3-5-14(28)10-24-20-17(22)12-26-19(27-20)16-11-25-18-15(16)8-13(21)9-23-18/h8-9,11-12,14H,2-7,10H2,1H3,(H,23,25)(H,24,26,27)/t14-/m1/s1. The molecule has 29 heavy (non-hydrogen) atoms. The molecule has 0 aliphatic carbocycles. The van der Waals surface area contributed by atoms with Gasteiger partial charge in [0.25, 0.3) is 0 Å². The number of halogens is 2. The molecule has 0 saturated carbocycles. The average Bonchev–Trinajstić information content (AvgIpc) is 3.15. The van der Waals surface area contributed by atoms with Crippen LogP contribution < -0.4 is 5.32 Å². The summed E-state index contributed by atoms with van der Waals surface area (Å²) in [5, 5.41) is 4.56. The Kier molecular flexibility index (Phi) is 6.52. The molecule has 1 aliphatic heterocycles. The highest BCUT2D eigenvalue weighted by Gasteiger charge is 2.23. The van der Waals surface area contributed by atoms with Gasteiger partial charge in [0.05, 0.1) is 11.2 Å². The number of pyridine rings is 1. The third-order valence-corrected chi connectivity index (χ3v) is 6.63. The molecule has 1 fully saturated rings. The Balaban J connectivity index is 1.53. The zero-order valence-corrected chi connectivity index (χ0v) is 17.9. The van der Waals surface area contributed by atoms with E-state index in [1.54, 1.807) is 18.5 Å². The Labute approximate surface area is 178 Å². The highest BCUT2D eigenvalue weighted by Crippen LogP contribution is 2.29. The number of aromatic amines is 1. The van der Waals surface area contributed by atoms with Crippen molar-refractivity contribution < 1.29 is 4.39 Å².